The van der Waals surface area contributed by atoms with Gasteiger partial charge in [-0.05, 0) is 43.3 Å². The number of halogens is 2. The lowest BCUT2D eigenvalue weighted by molar-refractivity contribution is 0.0841. The van der Waals surface area contributed by atoms with Crippen molar-refractivity contribution in [3.8, 4) is 5.75 Å². The number of hydrogen-bond donors (Lipinski definition) is 2. The molecule has 2 aromatic carbocycles. The highest BCUT2D eigenvalue weighted by molar-refractivity contribution is 5.99. The summed E-state index contributed by atoms with van der Waals surface area (Å²) in [6.07, 6.45) is 0. The van der Waals surface area contributed by atoms with Crippen molar-refractivity contribution in [3.05, 3.63) is 65.2 Å². The molecule has 0 atom stereocenters. The van der Waals surface area contributed by atoms with Crippen LogP contribution in [-0.4, -0.2) is 18.4 Å². The lowest BCUT2D eigenvalue weighted by atomic mass is 10.2. The molecule has 0 bridgehead atoms. The fourth-order valence-electron chi connectivity index (χ4n) is 1.83. The van der Waals surface area contributed by atoms with Gasteiger partial charge in [0.2, 0.25) is 0 Å². The van der Waals surface area contributed by atoms with Crippen molar-refractivity contribution in [1.82, 2.24) is 10.9 Å². The number of amides is 2. The van der Waals surface area contributed by atoms with Gasteiger partial charge < -0.3 is 4.74 Å². The maximum atomic E-state index is 13.4. The van der Waals surface area contributed by atoms with Crippen LogP contribution in [0.15, 0.2) is 42.5 Å². The summed E-state index contributed by atoms with van der Waals surface area (Å²) in [5.41, 5.74) is 3.55. The van der Waals surface area contributed by atoms with Gasteiger partial charge in [0.15, 0.2) is 0 Å². The fourth-order valence-corrected chi connectivity index (χ4v) is 1.83. The van der Waals surface area contributed by atoms with Crippen LogP contribution in [-0.2, 0) is 0 Å². The summed E-state index contributed by atoms with van der Waals surface area (Å²) >= 11 is 0. The molecule has 2 N–H and O–H groups in total. The molecule has 0 aliphatic heterocycles. The predicted octanol–water partition coefficient (Wildman–Crippen LogP) is 2.44. The average Bonchev–Trinajstić information content (AvgIpc) is 2.53. The van der Waals surface area contributed by atoms with E-state index in [1.165, 1.54) is 12.1 Å². The van der Waals surface area contributed by atoms with Crippen LogP contribution in [0.5, 0.6) is 5.75 Å². The van der Waals surface area contributed by atoms with E-state index in [0.29, 0.717) is 12.4 Å². The van der Waals surface area contributed by atoms with Gasteiger partial charge >= 0.3 is 0 Å². The number of benzene rings is 2. The SMILES string of the molecule is CCOc1ccc(C(=O)NNC(=O)c2c(F)cccc2F)cc1. The van der Waals surface area contributed by atoms with Gasteiger partial charge in [0.05, 0.1) is 6.61 Å². The van der Waals surface area contributed by atoms with Gasteiger partial charge in [-0.25, -0.2) is 8.78 Å². The van der Waals surface area contributed by atoms with Gasteiger partial charge in [-0.15, -0.1) is 0 Å². The lowest BCUT2D eigenvalue weighted by Gasteiger charge is -2.09. The molecule has 7 heteroatoms. The Morgan fingerprint density at radius 2 is 1.52 bits per heavy atom. The Hall–Kier alpha value is -2.96. The van der Waals surface area contributed by atoms with Crippen molar-refractivity contribution < 1.29 is 23.1 Å². The number of ether oxygens (including phenoxy) is 1. The first-order valence-corrected chi connectivity index (χ1v) is 6.80. The first-order valence-electron chi connectivity index (χ1n) is 6.80. The van der Waals surface area contributed by atoms with Gasteiger partial charge in [0.1, 0.15) is 22.9 Å². The van der Waals surface area contributed by atoms with Crippen molar-refractivity contribution in [2.24, 2.45) is 0 Å². The highest BCUT2D eigenvalue weighted by Crippen LogP contribution is 2.13. The Morgan fingerprint density at radius 1 is 0.957 bits per heavy atom. The molecule has 5 nitrogen and oxygen atoms in total. The molecule has 2 aromatic rings. The second-order valence-electron chi connectivity index (χ2n) is 4.46. The summed E-state index contributed by atoms with van der Waals surface area (Å²) in [7, 11) is 0. The molecular weight excluding hydrogens is 306 g/mol. The Kier molecular flexibility index (Phi) is 5.24. The minimum Gasteiger partial charge on any atom is -0.494 e. The van der Waals surface area contributed by atoms with Crippen LogP contribution in [0, 0.1) is 11.6 Å². The van der Waals surface area contributed by atoms with E-state index in [9.17, 15) is 18.4 Å². The molecule has 2 amide bonds. The summed E-state index contributed by atoms with van der Waals surface area (Å²) < 4.78 is 32.1. The molecule has 0 fully saturated rings. The van der Waals surface area contributed by atoms with Gasteiger partial charge in [0.25, 0.3) is 11.8 Å². The zero-order valence-electron chi connectivity index (χ0n) is 12.2. The van der Waals surface area contributed by atoms with Crippen molar-refractivity contribution >= 4 is 11.8 Å². The number of nitrogens with one attached hydrogen (secondary N) is 2. The van der Waals surface area contributed by atoms with Gasteiger partial charge in [-0.3, -0.25) is 20.4 Å². The molecule has 120 valence electrons. The summed E-state index contributed by atoms with van der Waals surface area (Å²) in [5, 5.41) is 0. The minimum absolute atomic E-state index is 0.253. The van der Waals surface area contributed by atoms with E-state index in [4.69, 9.17) is 4.74 Å². The maximum Gasteiger partial charge on any atom is 0.275 e. The number of carbonyl (C=O) groups is 2. The Bertz CT molecular complexity index is 698. The Balaban J connectivity index is 2.00. The fraction of sp³-hybridized carbons (Fsp3) is 0.125. The largest absolute Gasteiger partial charge is 0.494 e. The van der Waals surface area contributed by atoms with Crippen LogP contribution in [0.1, 0.15) is 27.6 Å². The Labute approximate surface area is 131 Å². The number of rotatable bonds is 4. The molecule has 2 rings (SSSR count). The molecule has 0 spiro atoms. The summed E-state index contributed by atoms with van der Waals surface area (Å²) in [6, 6.07) is 9.22. The molecule has 0 aromatic heterocycles. The van der Waals surface area contributed by atoms with Crippen LogP contribution in [0.25, 0.3) is 0 Å². The van der Waals surface area contributed by atoms with E-state index in [0.717, 1.165) is 18.2 Å². The summed E-state index contributed by atoms with van der Waals surface area (Å²) in [4.78, 5) is 23.6. The van der Waals surface area contributed by atoms with E-state index < -0.39 is 29.0 Å². The molecule has 0 saturated carbocycles. The molecule has 0 aliphatic rings. The minimum atomic E-state index is -1.08. The van der Waals surface area contributed by atoms with Crippen LogP contribution in [0.4, 0.5) is 8.78 Å². The van der Waals surface area contributed by atoms with Crippen molar-refractivity contribution in [2.75, 3.05) is 6.61 Å². The molecule has 0 unspecified atom stereocenters. The standard InChI is InChI=1S/C16H14F2N2O3/c1-2-23-11-8-6-10(7-9-11)15(21)19-20-16(22)14-12(17)4-3-5-13(14)18/h3-9H,2H2,1H3,(H,19,21)(H,20,22). The van der Waals surface area contributed by atoms with E-state index >= 15 is 0 Å². The van der Waals surface area contributed by atoms with Crippen molar-refractivity contribution in [3.63, 3.8) is 0 Å². The number of hydrogen-bond acceptors (Lipinski definition) is 3. The molecule has 0 saturated heterocycles. The average molecular weight is 320 g/mol. The van der Waals surface area contributed by atoms with Crippen LogP contribution < -0.4 is 15.6 Å². The zero-order chi connectivity index (χ0) is 16.8. The van der Waals surface area contributed by atoms with Crippen LogP contribution in [0.3, 0.4) is 0 Å². The molecule has 0 heterocycles. The molecule has 23 heavy (non-hydrogen) atoms. The predicted molar refractivity (Wildman–Crippen MR) is 78.9 cm³/mol. The topological polar surface area (TPSA) is 67.4 Å². The third-order valence-corrected chi connectivity index (χ3v) is 2.91. The third-order valence-electron chi connectivity index (χ3n) is 2.91. The lowest BCUT2D eigenvalue weighted by Crippen LogP contribution is -2.42. The van der Waals surface area contributed by atoms with Crippen LogP contribution >= 0.6 is 0 Å². The molecular formula is C16H14F2N2O3. The van der Waals surface area contributed by atoms with Crippen LogP contribution in [0.2, 0.25) is 0 Å². The van der Waals surface area contributed by atoms with Crippen molar-refractivity contribution in [2.45, 2.75) is 6.92 Å². The summed E-state index contributed by atoms with van der Waals surface area (Å²) in [6.45, 7) is 2.33. The smallest absolute Gasteiger partial charge is 0.275 e. The normalized spacial score (nSPS) is 10.0. The second kappa shape index (κ2) is 7.35. The first kappa shape index (κ1) is 16.4. The highest BCUT2D eigenvalue weighted by Gasteiger charge is 2.17. The maximum absolute atomic E-state index is 13.4. The van der Waals surface area contributed by atoms with Gasteiger partial charge in [-0.2, -0.15) is 0 Å². The van der Waals surface area contributed by atoms with E-state index in [2.05, 4.69) is 5.43 Å². The van der Waals surface area contributed by atoms with E-state index in [1.807, 2.05) is 12.3 Å². The first-order chi connectivity index (χ1) is 11.0. The quantitative estimate of drug-likeness (QED) is 0.850. The summed E-state index contributed by atoms with van der Waals surface area (Å²) in [5.74, 6) is -3.14. The Morgan fingerprint density at radius 3 is 2.09 bits per heavy atom. The highest BCUT2D eigenvalue weighted by atomic mass is 19.1. The van der Waals surface area contributed by atoms with E-state index in [-0.39, 0.29) is 5.56 Å². The van der Waals surface area contributed by atoms with Crippen molar-refractivity contribution in [1.29, 1.82) is 0 Å². The number of carbonyl (C=O) groups excluding carboxylic acids is 2. The van der Waals surface area contributed by atoms with Gasteiger partial charge in [-0.1, -0.05) is 6.07 Å². The van der Waals surface area contributed by atoms with E-state index in [1.54, 1.807) is 12.1 Å². The molecule has 0 aliphatic carbocycles. The molecule has 0 radical (unpaired) electrons. The second-order valence-corrected chi connectivity index (χ2v) is 4.46. The monoisotopic (exact) mass is 320 g/mol. The zero-order valence-corrected chi connectivity index (χ0v) is 12.2. The van der Waals surface area contributed by atoms with Gasteiger partial charge in [0, 0.05) is 5.56 Å². The third kappa shape index (κ3) is 4.03. The number of hydrazine groups is 1.